The molecule has 1 aromatic rings. The van der Waals surface area contributed by atoms with E-state index in [1.807, 2.05) is 0 Å². The molecule has 1 rings (SSSR count). The van der Waals surface area contributed by atoms with Crippen molar-refractivity contribution in [3.8, 4) is 0 Å². The van der Waals surface area contributed by atoms with Gasteiger partial charge in [0, 0.05) is 12.5 Å². The van der Waals surface area contributed by atoms with E-state index >= 15 is 0 Å². The minimum absolute atomic E-state index is 0.0494. The van der Waals surface area contributed by atoms with Crippen LogP contribution in [0.25, 0.3) is 0 Å². The van der Waals surface area contributed by atoms with Gasteiger partial charge in [0.25, 0.3) is 0 Å². The molecule has 0 radical (unpaired) electrons. The van der Waals surface area contributed by atoms with Crippen LogP contribution in [0.15, 0.2) is 6.20 Å². The molecule has 0 aliphatic heterocycles. The lowest BCUT2D eigenvalue weighted by Gasteiger charge is -2.11. The number of aliphatic carboxylic acids is 1. The summed E-state index contributed by atoms with van der Waals surface area (Å²) in [5.41, 5.74) is 6.63. The maximum Gasteiger partial charge on any atom is 0.304 e. The summed E-state index contributed by atoms with van der Waals surface area (Å²) in [5.74, 6) is -1.22. The van der Waals surface area contributed by atoms with Gasteiger partial charge in [0.1, 0.15) is 5.15 Å². The summed E-state index contributed by atoms with van der Waals surface area (Å²) in [7, 11) is 0. The van der Waals surface area contributed by atoms with Crippen molar-refractivity contribution in [2.24, 2.45) is 5.73 Å². The van der Waals surface area contributed by atoms with Crippen molar-refractivity contribution < 1.29 is 9.90 Å². The molecule has 0 saturated carbocycles. The summed E-state index contributed by atoms with van der Waals surface area (Å²) in [6.07, 6.45) is 1.42. The lowest BCUT2D eigenvalue weighted by Crippen LogP contribution is -2.18. The maximum absolute atomic E-state index is 10.6. The van der Waals surface area contributed by atoms with Gasteiger partial charge in [-0.3, -0.25) is 9.78 Å². The van der Waals surface area contributed by atoms with Crippen molar-refractivity contribution in [1.29, 1.82) is 0 Å². The number of nitrogens with two attached hydrogens (primary N) is 1. The quantitative estimate of drug-likeness (QED) is 0.803. The second-order valence-corrected chi connectivity index (χ2v) is 3.56. The number of hydrogen-bond donors (Lipinski definition) is 2. The second-order valence-electron chi connectivity index (χ2n) is 3.20. The van der Waals surface area contributed by atoms with E-state index in [1.165, 1.54) is 6.20 Å². The molecule has 0 fully saturated rings. The van der Waals surface area contributed by atoms with Crippen molar-refractivity contribution in [3.05, 3.63) is 22.7 Å². The highest BCUT2D eigenvalue weighted by atomic mass is 35.5. The monoisotopic (exact) mass is 229 g/mol. The Hall–Kier alpha value is -1.20. The van der Waals surface area contributed by atoms with E-state index in [2.05, 4.69) is 9.97 Å². The molecule has 5 nitrogen and oxygen atoms in total. The predicted molar refractivity (Wildman–Crippen MR) is 55.8 cm³/mol. The van der Waals surface area contributed by atoms with Crippen LogP contribution in [0.1, 0.15) is 23.7 Å². The smallest absolute Gasteiger partial charge is 0.304 e. The molecule has 82 valence electrons. The summed E-state index contributed by atoms with van der Waals surface area (Å²) in [5, 5.41) is 8.99. The van der Waals surface area contributed by atoms with Crippen LogP contribution in [0.5, 0.6) is 0 Å². The van der Waals surface area contributed by atoms with Crippen molar-refractivity contribution in [2.75, 3.05) is 6.54 Å². The summed E-state index contributed by atoms with van der Waals surface area (Å²) in [6, 6.07) is 0. The summed E-state index contributed by atoms with van der Waals surface area (Å²) in [4.78, 5) is 18.6. The van der Waals surface area contributed by atoms with Gasteiger partial charge in [-0.1, -0.05) is 11.6 Å². The highest BCUT2D eigenvalue weighted by molar-refractivity contribution is 6.29. The molecule has 0 saturated heterocycles. The minimum atomic E-state index is -0.903. The van der Waals surface area contributed by atoms with Crippen LogP contribution in [0.4, 0.5) is 0 Å². The zero-order chi connectivity index (χ0) is 11.4. The van der Waals surface area contributed by atoms with E-state index in [0.717, 1.165) is 0 Å². The molecule has 0 amide bonds. The van der Waals surface area contributed by atoms with Crippen molar-refractivity contribution >= 4 is 17.6 Å². The first-order chi connectivity index (χ1) is 7.04. The Morgan fingerprint density at radius 1 is 1.73 bits per heavy atom. The number of hydrogen-bond acceptors (Lipinski definition) is 4. The average molecular weight is 230 g/mol. The van der Waals surface area contributed by atoms with Crippen LogP contribution in [-0.2, 0) is 4.79 Å². The second kappa shape index (κ2) is 5.04. The van der Waals surface area contributed by atoms with Crippen LogP contribution in [-0.4, -0.2) is 27.6 Å². The first-order valence-electron chi connectivity index (χ1n) is 4.45. The van der Waals surface area contributed by atoms with E-state index in [1.54, 1.807) is 6.92 Å². The molecule has 3 N–H and O–H groups in total. The molecule has 1 unspecified atom stereocenters. The van der Waals surface area contributed by atoms with Crippen LogP contribution >= 0.6 is 11.6 Å². The summed E-state index contributed by atoms with van der Waals surface area (Å²) < 4.78 is 0. The molecule has 1 heterocycles. The Morgan fingerprint density at radius 3 is 2.87 bits per heavy atom. The maximum atomic E-state index is 10.6. The molecule has 0 aliphatic carbocycles. The number of halogens is 1. The van der Waals surface area contributed by atoms with E-state index in [-0.39, 0.29) is 18.9 Å². The number of nitrogens with zero attached hydrogens (tertiary/aromatic N) is 2. The van der Waals surface area contributed by atoms with Gasteiger partial charge < -0.3 is 10.8 Å². The Morgan fingerprint density at radius 2 is 2.40 bits per heavy atom. The van der Waals surface area contributed by atoms with Crippen molar-refractivity contribution in [3.63, 3.8) is 0 Å². The molecular weight excluding hydrogens is 218 g/mol. The fourth-order valence-corrected chi connectivity index (χ4v) is 1.29. The fraction of sp³-hybridized carbons (Fsp3) is 0.444. The van der Waals surface area contributed by atoms with Crippen LogP contribution in [0.2, 0.25) is 5.15 Å². The SMILES string of the molecule is Cc1nc(C(CN)CC(=O)O)cnc1Cl. The molecule has 15 heavy (non-hydrogen) atoms. The molecule has 1 aromatic heterocycles. The molecule has 0 aromatic carbocycles. The van der Waals surface area contributed by atoms with Gasteiger partial charge in [0.15, 0.2) is 0 Å². The molecule has 1 atom stereocenters. The minimum Gasteiger partial charge on any atom is -0.481 e. The number of carbonyl (C=O) groups is 1. The topological polar surface area (TPSA) is 89.1 Å². The highest BCUT2D eigenvalue weighted by Gasteiger charge is 2.16. The standard InChI is InChI=1S/C9H12ClN3O2/c1-5-9(10)12-4-7(13-5)6(3-11)2-8(14)15/h4,6H,2-3,11H2,1H3,(H,14,15). The predicted octanol–water partition coefficient (Wildman–Crippen LogP) is 0.955. The largest absolute Gasteiger partial charge is 0.481 e. The highest BCUT2D eigenvalue weighted by Crippen LogP contribution is 2.18. The van der Waals surface area contributed by atoms with E-state index < -0.39 is 5.97 Å². The first kappa shape index (κ1) is 11.9. The van der Waals surface area contributed by atoms with Crippen molar-refractivity contribution in [2.45, 2.75) is 19.3 Å². The Kier molecular flexibility index (Phi) is 3.99. The zero-order valence-electron chi connectivity index (χ0n) is 8.27. The van der Waals surface area contributed by atoms with E-state index in [0.29, 0.717) is 16.5 Å². The first-order valence-corrected chi connectivity index (χ1v) is 4.83. The lowest BCUT2D eigenvalue weighted by atomic mass is 10.0. The lowest BCUT2D eigenvalue weighted by molar-refractivity contribution is -0.137. The van der Waals surface area contributed by atoms with Gasteiger partial charge in [0.05, 0.1) is 24.0 Å². The van der Waals surface area contributed by atoms with E-state index in [4.69, 9.17) is 22.4 Å². The molecule has 0 aliphatic rings. The molecule has 0 spiro atoms. The van der Waals surface area contributed by atoms with Gasteiger partial charge >= 0.3 is 5.97 Å². The van der Waals surface area contributed by atoms with Gasteiger partial charge in [-0.25, -0.2) is 4.98 Å². The Labute approximate surface area is 92.3 Å². The normalized spacial score (nSPS) is 12.5. The third-order valence-electron chi connectivity index (χ3n) is 2.03. The summed E-state index contributed by atoms with van der Waals surface area (Å²) in [6.45, 7) is 1.94. The number of rotatable bonds is 4. The van der Waals surface area contributed by atoms with Crippen LogP contribution in [0.3, 0.4) is 0 Å². The fourth-order valence-electron chi connectivity index (χ4n) is 1.20. The summed E-state index contributed by atoms with van der Waals surface area (Å²) >= 11 is 5.71. The molecular formula is C9H12ClN3O2. The van der Waals surface area contributed by atoms with Gasteiger partial charge in [-0.15, -0.1) is 0 Å². The number of carboxylic acids is 1. The Balaban J connectivity index is 2.92. The molecule has 0 bridgehead atoms. The number of carboxylic acid groups (broad SMARTS) is 1. The Bertz CT molecular complexity index is 370. The van der Waals surface area contributed by atoms with Crippen LogP contribution < -0.4 is 5.73 Å². The van der Waals surface area contributed by atoms with Gasteiger partial charge in [-0.2, -0.15) is 0 Å². The van der Waals surface area contributed by atoms with E-state index in [9.17, 15) is 4.79 Å². The number of aryl methyl sites for hydroxylation is 1. The molecule has 6 heteroatoms. The third kappa shape index (κ3) is 3.14. The van der Waals surface area contributed by atoms with Crippen molar-refractivity contribution in [1.82, 2.24) is 9.97 Å². The zero-order valence-corrected chi connectivity index (χ0v) is 9.03. The van der Waals surface area contributed by atoms with Gasteiger partial charge in [0.2, 0.25) is 0 Å². The van der Waals surface area contributed by atoms with Crippen LogP contribution in [0, 0.1) is 6.92 Å². The number of aromatic nitrogens is 2. The third-order valence-corrected chi connectivity index (χ3v) is 2.40. The average Bonchev–Trinajstić information content (AvgIpc) is 2.18. The van der Waals surface area contributed by atoms with Gasteiger partial charge in [-0.05, 0) is 6.92 Å².